The number of aromatic nitrogens is 2. The van der Waals surface area contributed by atoms with Crippen molar-refractivity contribution >= 4 is 33.2 Å². The Labute approximate surface area is 192 Å². The van der Waals surface area contributed by atoms with E-state index in [-0.39, 0.29) is 34.4 Å². The lowest BCUT2D eigenvalue weighted by molar-refractivity contribution is -0.137. The third kappa shape index (κ3) is 3.99. The monoisotopic (exact) mass is 501 g/mol. The van der Waals surface area contributed by atoms with Crippen molar-refractivity contribution in [2.24, 2.45) is 5.92 Å². The number of rotatable bonds is 4. The van der Waals surface area contributed by atoms with Gasteiger partial charge in [-0.3, -0.25) is 4.79 Å². The second-order valence-electron chi connectivity index (χ2n) is 8.98. The summed E-state index contributed by atoms with van der Waals surface area (Å²) in [5.74, 6) is -0.314. The van der Waals surface area contributed by atoms with Gasteiger partial charge in [-0.2, -0.15) is 13.2 Å². The molecule has 33 heavy (non-hydrogen) atoms. The van der Waals surface area contributed by atoms with Crippen LogP contribution in [0.2, 0.25) is 0 Å². The molecular formula is C20H22F3N5O3S2. The molecule has 1 saturated carbocycles. The van der Waals surface area contributed by atoms with Gasteiger partial charge in [0.15, 0.2) is 0 Å². The molecule has 1 amide bonds. The Hall–Kier alpha value is -2.25. The first-order valence-corrected chi connectivity index (χ1v) is 13.2. The Bertz CT molecular complexity index is 1240. The van der Waals surface area contributed by atoms with Gasteiger partial charge in [-0.05, 0) is 31.2 Å². The van der Waals surface area contributed by atoms with Crippen molar-refractivity contribution in [3.05, 3.63) is 28.3 Å². The van der Waals surface area contributed by atoms with Crippen LogP contribution in [0.25, 0.3) is 10.6 Å². The minimum Gasteiger partial charge on any atom is -0.351 e. The Morgan fingerprint density at radius 2 is 2.06 bits per heavy atom. The lowest BCUT2D eigenvalue weighted by Gasteiger charge is -2.35. The number of halogens is 3. The highest BCUT2D eigenvalue weighted by molar-refractivity contribution is 7.88. The van der Waals surface area contributed by atoms with E-state index in [0.717, 1.165) is 41.5 Å². The van der Waals surface area contributed by atoms with Crippen LogP contribution in [0.1, 0.15) is 47.0 Å². The first-order chi connectivity index (χ1) is 15.4. The van der Waals surface area contributed by atoms with E-state index in [1.165, 1.54) is 10.4 Å². The molecule has 13 heteroatoms. The molecule has 4 heterocycles. The second-order valence-corrected chi connectivity index (χ2v) is 12.0. The molecule has 5 rings (SSSR count). The molecule has 0 radical (unpaired) electrons. The number of thiophene rings is 1. The maximum Gasteiger partial charge on any atom is 0.420 e. The first kappa shape index (κ1) is 22.5. The van der Waals surface area contributed by atoms with Crippen LogP contribution in [-0.4, -0.2) is 54.0 Å². The lowest BCUT2D eigenvalue weighted by Crippen LogP contribution is -2.47. The smallest absolute Gasteiger partial charge is 0.351 e. The van der Waals surface area contributed by atoms with Crippen LogP contribution in [-0.2, 0) is 21.7 Å². The second kappa shape index (κ2) is 7.37. The van der Waals surface area contributed by atoms with Crippen LogP contribution >= 0.6 is 11.3 Å². The number of amides is 1. The maximum atomic E-state index is 13.7. The van der Waals surface area contributed by atoms with Crippen LogP contribution in [0.5, 0.6) is 0 Å². The van der Waals surface area contributed by atoms with E-state index in [2.05, 4.69) is 20.6 Å². The molecule has 0 aromatic carbocycles. The summed E-state index contributed by atoms with van der Waals surface area (Å²) < 4.78 is 66.3. The largest absolute Gasteiger partial charge is 0.420 e. The number of piperidine rings is 1. The zero-order valence-corrected chi connectivity index (χ0v) is 19.5. The summed E-state index contributed by atoms with van der Waals surface area (Å²) in [6, 6.07) is 1.29. The number of fused-ring (bicyclic) bond motifs is 2. The maximum absolute atomic E-state index is 13.7. The van der Waals surface area contributed by atoms with Crippen molar-refractivity contribution in [2.45, 2.75) is 43.9 Å². The van der Waals surface area contributed by atoms with Gasteiger partial charge in [-0.1, -0.05) is 6.92 Å². The molecule has 0 unspecified atom stereocenters. The van der Waals surface area contributed by atoms with Crippen LogP contribution in [0.3, 0.4) is 0 Å². The highest BCUT2D eigenvalue weighted by Crippen LogP contribution is 2.55. The van der Waals surface area contributed by atoms with Gasteiger partial charge in [0.05, 0.1) is 27.9 Å². The predicted octanol–water partition coefficient (Wildman–Crippen LogP) is 3.04. The van der Waals surface area contributed by atoms with E-state index in [0.29, 0.717) is 25.1 Å². The number of carbonyl (C=O) groups excluding carboxylic acids is 1. The Balaban J connectivity index is 1.46. The standard InChI is InChI=1S/C20H22F3N5O3S2/c1-10-9-28(33(2,30)31)6-3-13(10)25-18-24-8-12(20(21,22)23)15(26-18)14-7-11-16(32-14)19(4-5-19)27-17(11)29/h7-8,10,13H,3-6,9H2,1-2H3,(H,27,29)(H,24,25,26)/t10-,13+/m1/s1. The van der Waals surface area contributed by atoms with Crippen molar-refractivity contribution < 1.29 is 26.4 Å². The predicted molar refractivity (Wildman–Crippen MR) is 116 cm³/mol. The summed E-state index contributed by atoms with van der Waals surface area (Å²) in [7, 11) is -3.31. The third-order valence-electron chi connectivity index (χ3n) is 6.49. The van der Waals surface area contributed by atoms with Crippen molar-refractivity contribution in [1.82, 2.24) is 19.6 Å². The zero-order chi connectivity index (χ0) is 23.8. The van der Waals surface area contributed by atoms with Crippen LogP contribution in [0.4, 0.5) is 19.1 Å². The number of nitrogens with one attached hydrogen (secondary N) is 2. The van der Waals surface area contributed by atoms with Gasteiger partial charge in [-0.25, -0.2) is 22.7 Å². The fourth-order valence-electron chi connectivity index (χ4n) is 4.49. The average molecular weight is 502 g/mol. The number of hydrogen-bond donors (Lipinski definition) is 2. The molecule has 2 N–H and O–H groups in total. The summed E-state index contributed by atoms with van der Waals surface area (Å²) in [5.41, 5.74) is -1.23. The van der Waals surface area contributed by atoms with Crippen LogP contribution < -0.4 is 10.6 Å². The molecule has 2 aliphatic heterocycles. The van der Waals surface area contributed by atoms with E-state index in [9.17, 15) is 26.4 Å². The van der Waals surface area contributed by atoms with Gasteiger partial charge < -0.3 is 10.6 Å². The number of carbonyl (C=O) groups is 1. The Morgan fingerprint density at radius 3 is 2.67 bits per heavy atom. The van der Waals surface area contributed by atoms with Gasteiger partial charge in [-0.15, -0.1) is 11.3 Å². The highest BCUT2D eigenvalue weighted by atomic mass is 32.2. The van der Waals surface area contributed by atoms with Gasteiger partial charge in [0.1, 0.15) is 5.56 Å². The van der Waals surface area contributed by atoms with Gasteiger partial charge >= 0.3 is 6.18 Å². The average Bonchev–Trinajstić information content (AvgIpc) is 3.26. The van der Waals surface area contributed by atoms with E-state index in [1.807, 2.05) is 6.92 Å². The van der Waals surface area contributed by atoms with Crippen LogP contribution in [0, 0.1) is 5.92 Å². The van der Waals surface area contributed by atoms with E-state index >= 15 is 0 Å². The van der Waals surface area contributed by atoms with Crippen molar-refractivity contribution in [3.63, 3.8) is 0 Å². The van der Waals surface area contributed by atoms with Crippen molar-refractivity contribution in [2.75, 3.05) is 24.7 Å². The fraction of sp³-hybridized carbons (Fsp3) is 0.550. The summed E-state index contributed by atoms with van der Waals surface area (Å²) >= 11 is 1.16. The van der Waals surface area contributed by atoms with Gasteiger partial charge in [0, 0.05) is 30.2 Å². The molecule has 1 spiro atoms. The molecule has 2 fully saturated rings. The molecule has 2 atom stereocenters. The number of sulfonamides is 1. The lowest BCUT2D eigenvalue weighted by atomic mass is 9.95. The summed E-state index contributed by atoms with van der Waals surface area (Å²) in [5, 5.41) is 6.01. The third-order valence-corrected chi connectivity index (χ3v) is 9.11. The molecular weight excluding hydrogens is 479 g/mol. The molecule has 0 bridgehead atoms. The Morgan fingerprint density at radius 1 is 1.33 bits per heavy atom. The highest BCUT2D eigenvalue weighted by Gasteiger charge is 2.54. The molecule has 2 aromatic rings. The normalized spacial score (nSPS) is 24.6. The first-order valence-electron chi connectivity index (χ1n) is 10.5. The van der Waals surface area contributed by atoms with Gasteiger partial charge in [0.25, 0.3) is 5.91 Å². The SMILES string of the molecule is C[C@@H]1CN(S(C)(=O)=O)CC[C@@H]1Nc1ncc(C(F)(F)F)c(-c2cc3c(s2)C2(CC2)NC3=O)n1. The fourth-order valence-corrected chi connectivity index (χ4v) is 6.79. The molecule has 1 aliphatic carbocycles. The van der Waals surface area contributed by atoms with Gasteiger partial charge in [0.2, 0.25) is 16.0 Å². The molecule has 3 aliphatic rings. The Kier molecular flexibility index (Phi) is 5.04. The number of alkyl halides is 3. The number of nitrogens with zero attached hydrogens (tertiary/aromatic N) is 3. The van der Waals surface area contributed by atoms with Crippen LogP contribution in [0.15, 0.2) is 12.3 Å². The van der Waals surface area contributed by atoms with E-state index in [1.54, 1.807) is 0 Å². The summed E-state index contributed by atoms with van der Waals surface area (Å²) in [6.07, 6.45) is -0.710. The minimum atomic E-state index is -4.66. The van der Waals surface area contributed by atoms with Crippen molar-refractivity contribution in [1.29, 1.82) is 0 Å². The number of anilines is 1. The number of hydrogen-bond acceptors (Lipinski definition) is 7. The van der Waals surface area contributed by atoms with E-state index < -0.39 is 27.3 Å². The molecule has 8 nitrogen and oxygen atoms in total. The molecule has 2 aromatic heterocycles. The van der Waals surface area contributed by atoms with E-state index in [4.69, 9.17) is 0 Å². The minimum absolute atomic E-state index is 0.0433. The topological polar surface area (TPSA) is 104 Å². The summed E-state index contributed by atoms with van der Waals surface area (Å²) in [4.78, 5) is 21.5. The van der Waals surface area contributed by atoms with Crippen molar-refractivity contribution in [3.8, 4) is 10.6 Å². The molecule has 178 valence electrons. The quantitative estimate of drug-likeness (QED) is 0.668. The molecule has 1 saturated heterocycles. The zero-order valence-electron chi connectivity index (χ0n) is 17.9. The summed E-state index contributed by atoms with van der Waals surface area (Å²) in [6.45, 7) is 2.49.